The highest BCUT2D eigenvalue weighted by molar-refractivity contribution is 6.36. The summed E-state index contributed by atoms with van der Waals surface area (Å²) in [5, 5.41) is 5.04. The fourth-order valence-corrected chi connectivity index (χ4v) is 3.89. The molecule has 108 valence electrons. The summed E-state index contributed by atoms with van der Waals surface area (Å²) in [5.74, 6) is 0.986. The third kappa shape index (κ3) is 2.38. The zero-order valence-corrected chi connectivity index (χ0v) is 13.1. The van der Waals surface area contributed by atoms with Crippen molar-refractivity contribution in [3.05, 3.63) is 33.8 Å². The number of benzene rings is 1. The number of likely N-dealkylation sites (N-methyl/N-ethyl adjacent to an activating group) is 1. The molecule has 5 heteroatoms. The molecule has 0 atom stereocenters. The molecule has 0 aromatic heterocycles. The van der Waals surface area contributed by atoms with Crippen molar-refractivity contribution in [3.8, 4) is 0 Å². The normalized spacial score (nSPS) is 20.6. The number of hydrogen-bond donors (Lipinski definition) is 1. The predicted octanol–water partition coefficient (Wildman–Crippen LogP) is 3.31. The highest BCUT2D eigenvalue weighted by Crippen LogP contribution is 2.48. The largest absolute Gasteiger partial charge is 0.355 e. The Morgan fingerprint density at radius 3 is 2.50 bits per heavy atom. The smallest absolute Gasteiger partial charge is 0.193 e. The topological polar surface area (TPSA) is 27.6 Å². The number of nitrogens with zero attached hydrogens (tertiary/aromatic N) is 2. The van der Waals surface area contributed by atoms with E-state index in [0.29, 0.717) is 0 Å². The van der Waals surface area contributed by atoms with E-state index in [4.69, 9.17) is 23.2 Å². The fraction of sp³-hybridized carbons (Fsp3) is 0.533. The van der Waals surface area contributed by atoms with Crippen LogP contribution in [0.25, 0.3) is 0 Å². The number of rotatable bonds is 3. The maximum absolute atomic E-state index is 6.40. The van der Waals surface area contributed by atoms with E-state index in [0.717, 1.165) is 54.0 Å². The van der Waals surface area contributed by atoms with Crippen LogP contribution >= 0.6 is 23.2 Å². The lowest BCUT2D eigenvalue weighted by Gasteiger charge is -2.44. The predicted molar refractivity (Wildman–Crippen MR) is 84.9 cm³/mol. The monoisotopic (exact) mass is 311 g/mol. The van der Waals surface area contributed by atoms with Gasteiger partial charge in [0.2, 0.25) is 0 Å². The van der Waals surface area contributed by atoms with Crippen molar-refractivity contribution in [2.75, 3.05) is 26.7 Å². The van der Waals surface area contributed by atoms with Crippen molar-refractivity contribution < 1.29 is 0 Å². The quantitative estimate of drug-likeness (QED) is 0.927. The van der Waals surface area contributed by atoms with Crippen LogP contribution in [0.1, 0.15) is 24.8 Å². The minimum absolute atomic E-state index is 0.0569. The summed E-state index contributed by atoms with van der Waals surface area (Å²) >= 11 is 12.8. The first-order valence-electron chi connectivity index (χ1n) is 7.06. The van der Waals surface area contributed by atoms with Gasteiger partial charge in [-0.25, -0.2) is 0 Å². The Morgan fingerprint density at radius 2 is 2.00 bits per heavy atom. The second-order valence-corrected chi connectivity index (χ2v) is 6.53. The number of hydrogen-bond acceptors (Lipinski definition) is 3. The standard InChI is InChI=1S/C15H19Cl2N3/c1-20-9-8-18-14(20)19-10-15(6-3-7-15)13-11(16)4-2-5-12(13)17/h2,4-5H,3,6-10H2,1H3,(H,18,19). The molecule has 1 heterocycles. The summed E-state index contributed by atoms with van der Waals surface area (Å²) in [4.78, 5) is 6.64. The Morgan fingerprint density at radius 1 is 1.30 bits per heavy atom. The van der Waals surface area contributed by atoms with E-state index in [1.54, 1.807) is 0 Å². The Kier molecular flexibility index (Phi) is 3.83. The third-order valence-electron chi connectivity index (χ3n) is 4.45. The van der Waals surface area contributed by atoms with Crippen LogP contribution in [0.5, 0.6) is 0 Å². The summed E-state index contributed by atoms with van der Waals surface area (Å²) < 4.78 is 0. The van der Waals surface area contributed by atoms with Crippen LogP contribution in [0, 0.1) is 0 Å². The van der Waals surface area contributed by atoms with Crippen molar-refractivity contribution in [2.45, 2.75) is 24.7 Å². The molecule has 1 fully saturated rings. The first-order valence-corrected chi connectivity index (χ1v) is 7.82. The Bertz CT molecular complexity index is 518. The Hall–Kier alpha value is -0.930. The van der Waals surface area contributed by atoms with Gasteiger partial charge in [0.25, 0.3) is 0 Å². The second kappa shape index (κ2) is 5.45. The molecule has 0 saturated heterocycles. The average Bonchev–Trinajstić information content (AvgIpc) is 2.76. The van der Waals surface area contributed by atoms with Crippen molar-refractivity contribution >= 4 is 29.2 Å². The summed E-state index contributed by atoms with van der Waals surface area (Å²) in [6, 6.07) is 5.77. The van der Waals surface area contributed by atoms with Crippen LogP contribution in [0.15, 0.2) is 23.2 Å². The first kappa shape index (κ1) is 14.0. The number of guanidine groups is 1. The maximum Gasteiger partial charge on any atom is 0.193 e. The van der Waals surface area contributed by atoms with E-state index in [2.05, 4.69) is 22.3 Å². The number of nitrogens with one attached hydrogen (secondary N) is 1. The van der Waals surface area contributed by atoms with Crippen LogP contribution < -0.4 is 5.32 Å². The summed E-state index contributed by atoms with van der Waals surface area (Å²) in [7, 11) is 2.06. The van der Waals surface area contributed by atoms with Crippen LogP contribution in [0.4, 0.5) is 0 Å². The molecule has 0 unspecified atom stereocenters. The highest BCUT2D eigenvalue weighted by atomic mass is 35.5. The molecular formula is C15H19Cl2N3. The van der Waals surface area contributed by atoms with Crippen LogP contribution in [-0.2, 0) is 5.41 Å². The van der Waals surface area contributed by atoms with Gasteiger partial charge < -0.3 is 10.2 Å². The Labute approximate surface area is 130 Å². The molecule has 0 amide bonds. The van der Waals surface area contributed by atoms with E-state index in [-0.39, 0.29) is 5.41 Å². The minimum atomic E-state index is 0.0569. The molecule has 0 radical (unpaired) electrons. The van der Waals surface area contributed by atoms with E-state index < -0.39 is 0 Å². The molecule has 1 N–H and O–H groups in total. The van der Waals surface area contributed by atoms with Gasteiger partial charge in [-0.1, -0.05) is 35.7 Å². The van der Waals surface area contributed by atoms with Crippen molar-refractivity contribution in [1.82, 2.24) is 10.2 Å². The zero-order valence-electron chi connectivity index (χ0n) is 11.6. The molecule has 3 nitrogen and oxygen atoms in total. The van der Waals surface area contributed by atoms with E-state index in [1.807, 2.05) is 18.2 Å². The van der Waals surface area contributed by atoms with E-state index >= 15 is 0 Å². The second-order valence-electron chi connectivity index (χ2n) is 5.71. The van der Waals surface area contributed by atoms with Crippen molar-refractivity contribution in [1.29, 1.82) is 0 Å². The third-order valence-corrected chi connectivity index (χ3v) is 5.08. The molecule has 20 heavy (non-hydrogen) atoms. The van der Waals surface area contributed by atoms with Gasteiger partial charge in [0.1, 0.15) is 0 Å². The zero-order chi connectivity index (χ0) is 14.2. The van der Waals surface area contributed by atoms with Gasteiger partial charge in [0.05, 0.1) is 6.54 Å². The number of halogens is 2. The molecule has 1 aliphatic heterocycles. The van der Waals surface area contributed by atoms with Gasteiger partial charge in [-0.05, 0) is 30.5 Å². The van der Waals surface area contributed by atoms with Gasteiger partial charge in [0, 0.05) is 35.6 Å². The molecule has 0 bridgehead atoms. The van der Waals surface area contributed by atoms with E-state index in [1.165, 1.54) is 6.42 Å². The number of aliphatic imine (C=N–C) groups is 1. The fourth-order valence-electron chi connectivity index (χ4n) is 3.09. The van der Waals surface area contributed by atoms with Gasteiger partial charge >= 0.3 is 0 Å². The average molecular weight is 312 g/mol. The molecular weight excluding hydrogens is 293 g/mol. The SMILES string of the molecule is CN1CCN=C1NCC1(c2c(Cl)cccc2Cl)CCC1. The van der Waals surface area contributed by atoms with Crippen molar-refractivity contribution in [2.24, 2.45) is 4.99 Å². The highest BCUT2D eigenvalue weighted by Gasteiger charge is 2.41. The molecule has 1 saturated carbocycles. The van der Waals surface area contributed by atoms with E-state index in [9.17, 15) is 0 Å². The van der Waals surface area contributed by atoms with Crippen LogP contribution in [0.2, 0.25) is 10.0 Å². The minimum Gasteiger partial charge on any atom is -0.355 e. The van der Waals surface area contributed by atoms with Crippen LogP contribution in [0.3, 0.4) is 0 Å². The molecule has 1 aliphatic carbocycles. The molecule has 1 aromatic carbocycles. The Balaban J connectivity index is 1.81. The first-order chi connectivity index (χ1) is 9.62. The molecule has 2 aliphatic rings. The lowest BCUT2D eigenvalue weighted by atomic mass is 9.64. The molecule has 0 spiro atoms. The lowest BCUT2D eigenvalue weighted by molar-refractivity contribution is 0.242. The molecule has 3 rings (SSSR count). The van der Waals surface area contributed by atoms with Gasteiger partial charge in [0.15, 0.2) is 5.96 Å². The summed E-state index contributed by atoms with van der Waals surface area (Å²) in [6.07, 6.45) is 3.48. The van der Waals surface area contributed by atoms with Gasteiger partial charge in [-0.2, -0.15) is 0 Å². The summed E-state index contributed by atoms with van der Waals surface area (Å²) in [6.45, 7) is 2.71. The van der Waals surface area contributed by atoms with Crippen LogP contribution in [-0.4, -0.2) is 37.5 Å². The lowest BCUT2D eigenvalue weighted by Crippen LogP contribution is -2.48. The maximum atomic E-state index is 6.40. The van der Waals surface area contributed by atoms with Gasteiger partial charge in [-0.15, -0.1) is 0 Å². The van der Waals surface area contributed by atoms with Crippen molar-refractivity contribution in [3.63, 3.8) is 0 Å². The molecule has 1 aromatic rings. The summed E-state index contributed by atoms with van der Waals surface area (Å²) in [5.41, 5.74) is 1.16. The van der Waals surface area contributed by atoms with Gasteiger partial charge in [-0.3, -0.25) is 4.99 Å².